The van der Waals surface area contributed by atoms with Crippen molar-refractivity contribution >= 4 is 29.6 Å². The summed E-state index contributed by atoms with van der Waals surface area (Å²) in [5, 5.41) is 35.9. The van der Waals surface area contributed by atoms with Gasteiger partial charge in [-0.05, 0) is 43.4 Å². The Kier molecular flexibility index (Phi) is 12.5. The van der Waals surface area contributed by atoms with Gasteiger partial charge in [-0.3, -0.25) is 19.2 Å². The lowest BCUT2D eigenvalue weighted by Crippen LogP contribution is -2.58. The average Bonchev–Trinajstić information content (AvgIpc) is 2.80. The number of nitrogens with two attached hydrogens (primary N) is 2. The van der Waals surface area contributed by atoms with Crippen LogP contribution in [0.3, 0.4) is 0 Å². The molecule has 0 aliphatic carbocycles. The predicted octanol–water partition coefficient (Wildman–Crippen LogP) is -1.51. The molecular formula is C24H37N5O8. The van der Waals surface area contributed by atoms with Gasteiger partial charge in [0, 0.05) is 12.8 Å². The molecule has 0 aromatic heterocycles. The maximum atomic E-state index is 13.2. The van der Waals surface area contributed by atoms with Crippen LogP contribution in [-0.4, -0.2) is 75.2 Å². The molecule has 0 aliphatic heterocycles. The van der Waals surface area contributed by atoms with Crippen LogP contribution in [0.1, 0.15) is 45.6 Å². The van der Waals surface area contributed by atoms with Gasteiger partial charge in [0.25, 0.3) is 0 Å². The summed E-state index contributed by atoms with van der Waals surface area (Å²) >= 11 is 0. The van der Waals surface area contributed by atoms with E-state index in [0.29, 0.717) is 5.56 Å². The number of hydrogen-bond acceptors (Lipinski definition) is 8. The molecule has 0 saturated carbocycles. The van der Waals surface area contributed by atoms with Crippen molar-refractivity contribution < 1.29 is 39.3 Å². The first kappa shape index (κ1) is 31.3. The number of benzene rings is 1. The van der Waals surface area contributed by atoms with Gasteiger partial charge in [0.15, 0.2) is 0 Å². The summed E-state index contributed by atoms with van der Waals surface area (Å²) in [4.78, 5) is 61.2. The smallest absolute Gasteiger partial charge is 0.326 e. The van der Waals surface area contributed by atoms with Crippen LogP contribution in [0.25, 0.3) is 0 Å². The van der Waals surface area contributed by atoms with Gasteiger partial charge < -0.3 is 42.7 Å². The van der Waals surface area contributed by atoms with Crippen molar-refractivity contribution in [1.29, 1.82) is 0 Å². The van der Waals surface area contributed by atoms with Crippen LogP contribution in [0.15, 0.2) is 24.3 Å². The quantitative estimate of drug-likeness (QED) is 0.133. The second-order valence-corrected chi connectivity index (χ2v) is 9.29. The molecule has 4 amide bonds. The molecule has 206 valence electrons. The van der Waals surface area contributed by atoms with E-state index in [4.69, 9.17) is 11.5 Å². The molecule has 1 aromatic carbocycles. The van der Waals surface area contributed by atoms with Crippen LogP contribution in [0.4, 0.5) is 0 Å². The summed E-state index contributed by atoms with van der Waals surface area (Å²) in [5.74, 6) is -4.50. The minimum atomic E-state index is -1.40. The van der Waals surface area contributed by atoms with Gasteiger partial charge >= 0.3 is 5.97 Å². The first-order valence-electron chi connectivity index (χ1n) is 11.8. The van der Waals surface area contributed by atoms with E-state index in [1.165, 1.54) is 19.1 Å². The van der Waals surface area contributed by atoms with E-state index in [-0.39, 0.29) is 37.4 Å². The summed E-state index contributed by atoms with van der Waals surface area (Å²) in [6.45, 7) is 4.91. The van der Waals surface area contributed by atoms with Gasteiger partial charge in [-0.1, -0.05) is 26.0 Å². The summed E-state index contributed by atoms with van der Waals surface area (Å²) in [7, 11) is 0. The number of amides is 4. The van der Waals surface area contributed by atoms with Crippen molar-refractivity contribution in [3.8, 4) is 5.75 Å². The lowest BCUT2D eigenvalue weighted by molar-refractivity contribution is -0.142. The molecule has 0 aliphatic rings. The molecule has 0 heterocycles. The molecule has 1 aromatic rings. The van der Waals surface area contributed by atoms with Gasteiger partial charge in [0.2, 0.25) is 23.6 Å². The number of carbonyl (C=O) groups excluding carboxylic acids is 4. The zero-order valence-corrected chi connectivity index (χ0v) is 21.1. The van der Waals surface area contributed by atoms with Crippen molar-refractivity contribution in [2.24, 2.45) is 17.4 Å². The molecule has 0 saturated heterocycles. The monoisotopic (exact) mass is 523 g/mol. The highest BCUT2D eigenvalue weighted by Gasteiger charge is 2.31. The maximum absolute atomic E-state index is 13.2. The van der Waals surface area contributed by atoms with Crippen LogP contribution in [0.5, 0.6) is 5.75 Å². The number of carboxylic acids is 1. The highest BCUT2D eigenvalue weighted by atomic mass is 16.4. The molecule has 5 unspecified atom stereocenters. The van der Waals surface area contributed by atoms with Gasteiger partial charge in [0.05, 0.1) is 6.10 Å². The number of carbonyl (C=O) groups is 5. The third kappa shape index (κ3) is 11.3. The second-order valence-electron chi connectivity index (χ2n) is 9.29. The van der Waals surface area contributed by atoms with Crippen molar-refractivity contribution in [2.75, 3.05) is 0 Å². The molecule has 0 radical (unpaired) electrons. The standard InChI is InChI=1S/C24H37N5O8/c1-12(2)10-17(21(33)27-16(24(36)37)8-9-19(25)32)28-22(34)18(29-23(35)20(26)13(3)30)11-14-4-6-15(31)7-5-14/h4-7,12-13,16-18,20,30-31H,8-11,26H2,1-3H3,(H2,25,32)(H,27,33)(H,28,34)(H,29,35)(H,36,37). The Labute approximate surface area is 215 Å². The number of hydrogen-bond donors (Lipinski definition) is 8. The number of nitrogens with one attached hydrogen (secondary N) is 3. The van der Waals surface area contributed by atoms with Crippen molar-refractivity contribution in [3.63, 3.8) is 0 Å². The van der Waals surface area contributed by atoms with Crippen molar-refractivity contribution in [3.05, 3.63) is 29.8 Å². The van der Waals surface area contributed by atoms with Crippen LogP contribution in [0, 0.1) is 5.92 Å². The van der Waals surface area contributed by atoms with Gasteiger partial charge in [-0.25, -0.2) is 4.79 Å². The molecule has 10 N–H and O–H groups in total. The van der Waals surface area contributed by atoms with Gasteiger partial charge in [0.1, 0.15) is 29.9 Å². The minimum absolute atomic E-state index is 0.00269. The minimum Gasteiger partial charge on any atom is -0.508 e. The summed E-state index contributed by atoms with van der Waals surface area (Å²) in [6, 6.07) is 0.814. The van der Waals surface area contributed by atoms with E-state index in [0.717, 1.165) is 0 Å². The SMILES string of the molecule is CC(C)CC(NC(=O)C(Cc1ccc(O)cc1)NC(=O)C(N)C(C)O)C(=O)NC(CCC(N)=O)C(=O)O. The summed E-state index contributed by atoms with van der Waals surface area (Å²) in [5.41, 5.74) is 11.3. The van der Waals surface area contributed by atoms with Crippen LogP contribution in [0.2, 0.25) is 0 Å². The largest absolute Gasteiger partial charge is 0.508 e. The zero-order chi connectivity index (χ0) is 28.3. The Morgan fingerprint density at radius 2 is 1.38 bits per heavy atom. The van der Waals surface area contributed by atoms with Crippen LogP contribution in [-0.2, 0) is 30.4 Å². The van der Waals surface area contributed by atoms with E-state index in [2.05, 4.69) is 16.0 Å². The van der Waals surface area contributed by atoms with Gasteiger partial charge in [-0.2, -0.15) is 0 Å². The lowest BCUT2D eigenvalue weighted by Gasteiger charge is -2.26. The third-order valence-electron chi connectivity index (χ3n) is 5.47. The van der Waals surface area contributed by atoms with E-state index in [9.17, 15) is 39.3 Å². The van der Waals surface area contributed by atoms with E-state index in [1.54, 1.807) is 26.0 Å². The number of aromatic hydroxyl groups is 1. The number of phenols is 1. The molecule has 13 nitrogen and oxygen atoms in total. The van der Waals surface area contributed by atoms with E-state index in [1.807, 2.05) is 0 Å². The number of aliphatic hydroxyl groups is 1. The summed E-state index contributed by atoms with van der Waals surface area (Å²) < 4.78 is 0. The molecular weight excluding hydrogens is 486 g/mol. The van der Waals surface area contributed by atoms with Crippen LogP contribution >= 0.6 is 0 Å². The zero-order valence-electron chi connectivity index (χ0n) is 21.1. The Hall–Kier alpha value is -3.71. The average molecular weight is 524 g/mol. The Bertz CT molecular complexity index is 951. The number of carboxylic acid groups (broad SMARTS) is 1. The molecule has 0 bridgehead atoms. The van der Waals surface area contributed by atoms with E-state index < -0.39 is 59.9 Å². The van der Waals surface area contributed by atoms with Crippen molar-refractivity contribution in [2.45, 2.75) is 76.7 Å². The number of phenolic OH excluding ortho intramolecular Hbond substituents is 1. The Morgan fingerprint density at radius 1 is 0.865 bits per heavy atom. The van der Waals surface area contributed by atoms with Gasteiger partial charge in [-0.15, -0.1) is 0 Å². The first-order valence-corrected chi connectivity index (χ1v) is 11.8. The third-order valence-corrected chi connectivity index (χ3v) is 5.47. The highest BCUT2D eigenvalue weighted by Crippen LogP contribution is 2.13. The topological polar surface area (TPSA) is 234 Å². The first-order chi connectivity index (χ1) is 17.2. The predicted molar refractivity (Wildman–Crippen MR) is 133 cm³/mol. The number of rotatable bonds is 15. The van der Waals surface area contributed by atoms with Crippen LogP contribution < -0.4 is 27.4 Å². The molecule has 13 heteroatoms. The fourth-order valence-electron chi connectivity index (χ4n) is 3.36. The fraction of sp³-hybridized carbons (Fsp3) is 0.542. The highest BCUT2D eigenvalue weighted by molar-refractivity contribution is 5.94. The lowest BCUT2D eigenvalue weighted by atomic mass is 10.00. The second kappa shape index (κ2) is 14.8. The molecule has 0 fully saturated rings. The number of primary amides is 1. The fourth-order valence-corrected chi connectivity index (χ4v) is 3.36. The number of aliphatic carboxylic acids is 1. The summed E-state index contributed by atoms with van der Waals surface area (Å²) in [6.07, 6.45) is -1.56. The Morgan fingerprint density at radius 3 is 1.86 bits per heavy atom. The van der Waals surface area contributed by atoms with E-state index >= 15 is 0 Å². The molecule has 37 heavy (non-hydrogen) atoms. The number of aliphatic hydroxyl groups excluding tert-OH is 1. The maximum Gasteiger partial charge on any atom is 0.326 e. The Balaban J connectivity index is 3.13. The molecule has 1 rings (SSSR count). The molecule has 0 spiro atoms. The normalized spacial score (nSPS) is 15.1. The van der Waals surface area contributed by atoms with Crippen molar-refractivity contribution in [1.82, 2.24) is 16.0 Å². The molecule has 5 atom stereocenters.